The Morgan fingerprint density at radius 3 is 1.94 bits per heavy atom. The molecule has 2 heteroatoms. The Kier molecular flexibility index (Phi) is 6.56. The van der Waals surface area contributed by atoms with Crippen LogP contribution in [-0.2, 0) is 5.41 Å². The monoisotopic (exact) mass is 652 g/mol. The molecule has 1 aromatic heterocycles. The van der Waals surface area contributed by atoms with Gasteiger partial charge in [0.2, 0.25) is 0 Å². The molecular weight excluding hydrogens is 617 g/mol. The molecule has 0 bridgehead atoms. The minimum atomic E-state index is -0.0537. The van der Waals surface area contributed by atoms with Gasteiger partial charge in [0.25, 0.3) is 0 Å². The van der Waals surface area contributed by atoms with Gasteiger partial charge in [-0.25, -0.2) is 0 Å². The van der Waals surface area contributed by atoms with Crippen molar-refractivity contribution in [2.45, 2.75) is 19.3 Å². The van der Waals surface area contributed by atoms with Gasteiger partial charge in [-0.05, 0) is 93.4 Å². The third-order valence-corrected chi connectivity index (χ3v) is 10.9. The van der Waals surface area contributed by atoms with Gasteiger partial charge in [0, 0.05) is 44.3 Å². The molecule has 0 fully saturated rings. The Balaban J connectivity index is 1.25. The Labute approximate surface area is 298 Å². The van der Waals surface area contributed by atoms with Gasteiger partial charge < -0.3 is 9.47 Å². The number of hydrogen-bond acceptors (Lipinski definition) is 1. The molecule has 0 aliphatic heterocycles. The van der Waals surface area contributed by atoms with Gasteiger partial charge in [0.1, 0.15) is 0 Å². The maximum atomic E-state index is 2.44. The molecule has 2 nitrogen and oxygen atoms in total. The van der Waals surface area contributed by atoms with Gasteiger partial charge in [0.15, 0.2) is 0 Å². The average molecular weight is 653 g/mol. The first kappa shape index (κ1) is 29.5. The molecule has 10 rings (SSSR count). The quantitative estimate of drug-likeness (QED) is 0.180. The fourth-order valence-corrected chi connectivity index (χ4v) is 8.50. The Morgan fingerprint density at radius 2 is 1.08 bits per heavy atom. The molecule has 51 heavy (non-hydrogen) atoms. The zero-order chi connectivity index (χ0) is 34.1. The van der Waals surface area contributed by atoms with Crippen molar-refractivity contribution in [2.75, 3.05) is 4.90 Å². The Hall–Kier alpha value is -6.38. The molecule has 1 aliphatic carbocycles. The highest BCUT2D eigenvalue weighted by atomic mass is 15.1. The van der Waals surface area contributed by atoms with E-state index in [1.807, 2.05) is 0 Å². The van der Waals surface area contributed by atoms with Crippen LogP contribution in [0.25, 0.3) is 60.5 Å². The van der Waals surface area contributed by atoms with Crippen molar-refractivity contribution in [3.05, 3.63) is 193 Å². The molecule has 0 saturated carbocycles. The predicted octanol–water partition coefficient (Wildman–Crippen LogP) is 13.4. The molecule has 0 amide bonds. The summed E-state index contributed by atoms with van der Waals surface area (Å²) in [6.45, 7) is 4.69. The van der Waals surface area contributed by atoms with Gasteiger partial charge in [0.05, 0.1) is 11.0 Å². The molecule has 0 unspecified atom stereocenters. The first-order chi connectivity index (χ1) is 25.1. The van der Waals surface area contributed by atoms with Crippen molar-refractivity contribution in [3.8, 4) is 27.9 Å². The second-order valence-corrected chi connectivity index (χ2v) is 14.2. The van der Waals surface area contributed by atoms with Crippen LogP contribution >= 0.6 is 0 Å². The molecule has 0 spiro atoms. The van der Waals surface area contributed by atoms with Crippen molar-refractivity contribution in [2.24, 2.45) is 0 Å². The Bertz CT molecular complexity index is 2770. The maximum absolute atomic E-state index is 2.44. The fraction of sp³-hybridized carbons (Fsp3) is 0.0612. The standard InChI is InChI=1S/C49H36N2/c1-49(2)45-22-11-9-20-40(45)44-32-39(27-29-46(44)49)50(37-19-13-16-35(30-37)33-14-5-3-6-15-33)38-26-24-34-25-28-42-41-21-10-12-23-47(41)51(48(42)43(34)31-38)36-17-7-4-8-18-36/h3-32H,1-2H3. The molecular formula is C49H36N2. The normalized spacial score (nSPS) is 13.1. The van der Waals surface area contributed by atoms with E-state index in [9.17, 15) is 0 Å². The first-order valence-electron chi connectivity index (χ1n) is 17.8. The summed E-state index contributed by atoms with van der Waals surface area (Å²) in [5, 5.41) is 4.96. The number of anilines is 3. The molecule has 242 valence electrons. The molecule has 0 N–H and O–H groups in total. The molecule has 0 radical (unpaired) electrons. The van der Waals surface area contributed by atoms with Crippen LogP contribution in [0.3, 0.4) is 0 Å². The third kappa shape index (κ3) is 4.57. The van der Waals surface area contributed by atoms with Gasteiger partial charge in [-0.2, -0.15) is 0 Å². The van der Waals surface area contributed by atoms with Crippen LogP contribution in [0.5, 0.6) is 0 Å². The van der Waals surface area contributed by atoms with Crippen LogP contribution in [0.1, 0.15) is 25.0 Å². The van der Waals surface area contributed by atoms with E-state index in [1.165, 1.54) is 66.0 Å². The van der Waals surface area contributed by atoms with Crippen LogP contribution < -0.4 is 4.90 Å². The van der Waals surface area contributed by atoms with Crippen LogP contribution in [-0.4, -0.2) is 4.57 Å². The summed E-state index contributed by atoms with van der Waals surface area (Å²) >= 11 is 0. The van der Waals surface area contributed by atoms with Gasteiger partial charge in [-0.1, -0.05) is 141 Å². The lowest BCUT2D eigenvalue weighted by atomic mass is 9.82. The number of fused-ring (bicyclic) bond motifs is 8. The van der Waals surface area contributed by atoms with Crippen molar-refractivity contribution >= 4 is 49.6 Å². The van der Waals surface area contributed by atoms with Crippen molar-refractivity contribution in [1.82, 2.24) is 4.57 Å². The molecule has 0 saturated heterocycles. The lowest BCUT2D eigenvalue weighted by molar-refractivity contribution is 0.660. The number of aromatic nitrogens is 1. The van der Waals surface area contributed by atoms with Crippen LogP contribution in [0, 0.1) is 0 Å². The van der Waals surface area contributed by atoms with Crippen LogP contribution in [0.15, 0.2) is 182 Å². The summed E-state index contributed by atoms with van der Waals surface area (Å²) in [5.74, 6) is 0. The highest BCUT2D eigenvalue weighted by Crippen LogP contribution is 2.51. The lowest BCUT2D eigenvalue weighted by Crippen LogP contribution is -2.15. The van der Waals surface area contributed by atoms with E-state index in [4.69, 9.17) is 0 Å². The summed E-state index contributed by atoms with van der Waals surface area (Å²) in [6, 6.07) is 66.7. The van der Waals surface area contributed by atoms with Crippen molar-refractivity contribution < 1.29 is 0 Å². The van der Waals surface area contributed by atoms with Gasteiger partial charge in [-0.15, -0.1) is 0 Å². The summed E-state index contributed by atoms with van der Waals surface area (Å²) in [5.41, 5.74) is 14.7. The van der Waals surface area contributed by atoms with E-state index in [1.54, 1.807) is 0 Å². The molecule has 1 aliphatic rings. The number of nitrogens with zero attached hydrogens (tertiary/aromatic N) is 2. The fourth-order valence-electron chi connectivity index (χ4n) is 8.50. The van der Waals surface area contributed by atoms with Crippen molar-refractivity contribution in [1.29, 1.82) is 0 Å². The highest BCUT2D eigenvalue weighted by molar-refractivity contribution is 6.19. The second-order valence-electron chi connectivity index (χ2n) is 14.2. The van der Waals surface area contributed by atoms with Gasteiger partial charge in [-0.3, -0.25) is 0 Å². The minimum Gasteiger partial charge on any atom is -0.310 e. The SMILES string of the molecule is CC1(C)c2ccccc2-c2cc(N(c3cccc(-c4ccccc4)c3)c3ccc4ccc5c6ccccc6n(-c6ccccc6)c5c4c3)ccc21. The minimum absolute atomic E-state index is 0.0537. The summed E-state index contributed by atoms with van der Waals surface area (Å²) in [4.78, 5) is 2.44. The Morgan fingerprint density at radius 1 is 0.431 bits per heavy atom. The second kappa shape index (κ2) is 11.3. The topological polar surface area (TPSA) is 8.17 Å². The van der Waals surface area contributed by atoms with E-state index < -0.39 is 0 Å². The zero-order valence-corrected chi connectivity index (χ0v) is 28.7. The lowest BCUT2D eigenvalue weighted by Gasteiger charge is -2.28. The molecule has 8 aromatic carbocycles. The van der Waals surface area contributed by atoms with E-state index in [0.717, 1.165) is 22.7 Å². The van der Waals surface area contributed by atoms with Crippen LogP contribution in [0.2, 0.25) is 0 Å². The van der Waals surface area contributed by atoms with E-state index in [-0.39, 0.29) is 5.41 Å². The molecule has 9 aromatic rings. The number of rotatable bonds is 5. The summed E-state index contributed by atoms with van der Waals surface area (Å²) in [7, 11) is 0. The largest absolute Gasteiger partial charge is 0.310 e. The van der Waals surface area contributed by atoms with Gasteiger partial charge >= 0.3 is 0 Å². The zero-order valence-electron chi connectivity index (χ0n) is 28.7. The van der Waals surface area contributed by atoms with E-state index in [2.05, 4.69) is 205 Å². The maximum Gasteiger partial charge on any atom is 0.0620 e. The smallest absolute Gasteiger partial charge is 0.0620 e. The molecule has 0 atom stereocenters. The number of hydrogen-bond donors (Lipinski definition) is 0. The number of para-hydroxylation sites is 2. The van der Waals surface area contributed by atoms with E-state index in [0.29, 0.717) is 0 Å². The third-order valence-electron chi connectivity index (χ3n) is 10.9. The number of benzene rings is 8. The highest BCUT2D eigenvalue weighted by Gasteiger charge is 2.35. The van der Waals surface area contributed by atoms with Crippen LogP contribution in [0.4, 0.5) is 17.1 Å². The average Bonchev–Trinajstić information content (AvgIpc) is 3.65. The summed E-state index contributed by atoms with van der Waals surface area (Å²) in [6.07, 6.45) is 0. The van der Waals surface area contributed by atoms with Crippen molar-refractivity contribution in [3.63, 3.8) is 0 Å². The predicted molar refractivity (Wildman–Crippen MR) is 216 cm³/mol. The molecule has 1 heterocycles. The summed E-state index contributed by atoms with van der Waals surface area (Å²) < 4.78 is 2.44. The first-order valence-corrected chi connectivity index (χ1v) is 17.8. The van der Waals surface area contributed by atoms with E-state index >= 15 is 0 Å².